The van der Waals surface area contributed by atoms with Crippen LogP contribution in [0, 0.1) is 12.3 Å². The predicted octanol–water partition coefficient (Wildman–Crippen LogP) is 3.77. The molecule has 0 saturated heterocycles. The zero-order valence-corrected chi connectivity index (χ0v) is 18.9. The maximum absolute atomic E-state index is 13.4. The molecule has 0 aromatic carbocycles. The standard InChI is InChI=1S/C22H31N3O3S/c1-6-28-15-12-14(22(15,3)4)24(5)21(27)18-13(2)17-19(29-18)23-16-10-8-7-9-11-25(16)20(17)26/h14-15H,6-12H2,1-5H3/t14-,15+/m1/s1. The molecule has 29 heavy (non-hydrogen) atoms. The molecule has 0 spiro atoms. The summed E-state index contributed by atoms with van der Waals surface area (Å²) in [5, 5.41) is 0.623. The number of aromatic nitrogens is 2. The minimum Gasteiger partial charge on any atom is -0.378 e. The maximum atomic E-state index is 13.4. The molecule has 2 atom stereocenters. The van der Waals surface area contributed by atoms with Gasteiger partial charge in [-0.3, -0.25) is 14.2 Å². The first-order valence-electron chi connectivity index (χ1n) is 10.7. The lowest BCUT2D eigenvalue weighted by molar-refractivity contribution is -0.136. The van der Waals surface area contributed by atoms with E-state index in [2.05, 4.69) is 13.8 Å². The van der Waals surface area contributed by atoms with Gasteiger partial charge in [-0.15, -0.1) is 11.3 Å². The van der Waals surface area contributed by atoms with Crippen LogP contribution < -0.4 is 5.56 Å². The molecule has 0 unspecified atom stereocenters. The fraction of sp³-hybridized carbons (Fsp3) is 0.682. The highest BCUT2D eigenvalue weighted by molar-refractivity contribution is 7.20. The Kier molecular flexibility index (Phi) is 5.32. The average Bonchev–Trinajstić information content (AvgIpc) is 2.85. The molecular weight excluding hydrogens is 386 g/mol. The van der Waals surface area contributed by atoms with E-state index in [0.717, 1.165) is 50.0 Å². The molecular formula is C22H31N3O3S. The van der Waals surface area contributed by atoms with E-state index in [1.165, 1.54) is 11.3 Å². The predicted molar refractivity (Wildman–Crippen MR) is 116 cm³/mol. The lowest BCUT2D eigenvalue weighted by Crippen LogP contribution is -2.62. The first-order chi connectivity index (χ1) is 13.8. The zero-order chi connectivity index (χ0) is 20.9. The molecule has 1 fully saturated rings. The molecule has 158 valence electrons. The number of fused-ring (bicyclic) bond motifs is 2. The first kappa shape index (κ1) is 20.5. The second kappa shape index (κ2) is 7.51. The Hall–Kier alpha value is -1.73. The highest BCUT2D eigenvalue weighted by Crippen LogP contribution is 2.46. The number of carbonyl (C=O) groups is 1. The van der Waals surface area contributed by atoms with Crippen molar-refractivity contribution in [2.45, 2.75) is 78.5 Å². The van der Waals surface area contributed by atoms with E-state index in [1.54, 1.807) is 0 Å². The summed E-state index contributed by atoms with van der Waals surface area (Å²) in [6.07, 6.45) is 5.06. The third-order valence-electron chi connectivity index (χ3n) is 6.89. The molecule has 0 radical (unpaired) electrons. The highest BCUT2D eigenvalue weighted by Gasteiger charge is 2.52. The second-order valence-corrected chi connectivity index (χ2v) is 9.96. The van der Waals surface area contributed by atoms with Crippen molar-refractivity contribution < 1.29 is 9.53 Å². The number of ether oxygens (including phenoxy) is 1. The largest absolute Gasteiger partial charge is 0.378 e. The second-order valence-electron chi connectivity index (χ2n) is 8.96. The van der Waals surface area contributed by atoms with E-state index in [-0.39, 0.29) is 29.0 Å². The van der Waals surface area contributed by atoms with E-state index < -0.39 is 0 Å². The Morgan fingerprint density at radius 3 is 2.79 bits per heavy atom. The van der Waals surface area contributed by atoms with Crippen LogP contribution >= 0.6 is 11.3 Å². The van der Waals surface area contributed by atoms with Crippen molar-refractivity contribution in [1.82, 2.24) is 14.5 Å². The van der Waals surface area contributed by atoms with Crippen LogP contribution in [-0.2, 0) is 17.7 Å². The van der Waals surface area contributed by atoms with Gasteiger partial charge in [0.05, 0.1) is 16.4 Å². The molecule has 4 rings (SSSR count). The van der Waals surface area contributed by atoms with Crippen molar-refractivity contribution in [2.75, 3.05) is 13.7 Å². The van der Waals surface area contributed by atoms with Crippen LogP contribution in [0.1, 0.15) is 67.5 Å². The number of hydrogen-bond donors (Lipinski definition) is 0. The fourth-order valence-corrected chi connectivity index (χ4v) is 6.09. The van der Waals surface area contributed by atoms with Gasteiger partial charge in [-0.05, 0) is 38.7 Å². The molecule has 1 saturated carbocycles. The summed E-state index contributed by atoms with van der Waals surface area (Å²) < 4.78 is 7.65. The topological polar surface area (TPSA) is 64.4 Å². The molecule has 6 nitrogen and oxygen atoms in total. The number of rotatable bonds is 4. The summed E-state index contributed by atoms with van der Waals surface area (Å²) >= 11 is 1.37. The molecule has 1 aliphatic heterocycles. The van der Waals surface area contributed by atoms with Crippen molar-refractivity contribution in [3.05, 3.63) is 26.6 Å². The molecule has 1 aliphatic carbocycles. The average molecular weight is 418 g/mol. The summed E-state index contributed by atoms with van der Waals surface area (Å²) in [4.78, 5) is 34.5. The molecule has 2 aromatic rings. The van der Waals surface area contributed by atoms with Gasteiger partial charge in [-0.25, -0.2) is 4.98 Å². The minimum absolute atomic E-state index is 0.0156. The third kappa shape index (κ3) is 3.22. The van der Waals surface area contributed by atoms with Crippen LogP contribution in [0.2, 0.25) is 0 Å². The van der Waals surface area contributed by atoms with Gasteiger partial charge in [0.2, 0.25) is 0 Å². The summed E-state index contributed by atoms with van der Waals surface area (Å²) in [5.74, 6) is 0.853. The summed E-state index contributed by atoms with van der Waals surface area (Å²) in [6.45, 7) is 9.63. The number of aryl methyl sites for hydroxylation is 2. The lowest BCUT2D eigenvalue weighted by Gasteiger charge is -2.54. The summed E-state index contributed by atoms with van der Waals surface area (Å²) in [5.41, 5.74) is 0.709. The van der Waals surface area contributed by atoms with Crippen molar-refractivity contribution in [2.24, 2.45) is 5.41 Å². The van der Waals surface area contributed by atoms with Gasteiger partial charge < -0.3 is 9.64 Å². The minimum atomic E-state index is -0.0832. The molecule has 7 heteroatoms. The van der Waals surface area contributed by atoms with E-state index >= 15 is 0 Å². The molecule has 1 amide bonds. The Bertz CT molecular complexity index is 1010. The monoisotopic (exact) mass is 417 g/mol. The van der Waals surface area contributed by atoms with Gasteiger partial charge in [-0.2, -0.15) is 0 Å². The van der Waals surface area contributed by atoms with Gasteiger partial charge in [0, 0.05) is 38.1 Å². The Morgan fingerprint density at radius 1 is 1.34 bits per heavy atom. The number of hydrogen-bond acceptors (Lipinski definition) is 5. The van der Waals surface area contributed by atoms with Crippen LogP contribution in [0.15, 0.2) is 4.79 Å². The quantitative estimate of drug-likeness (QED) is 0.760. The molecule has 0 N–H and O–H groups in total. The molecule has 3 heterocycles. The van der Waals surface area contributed by atoms with Gasteiger partial charge in [-0.1, -0.05) is 20.3 Å². The van der Waals surface area contributed by atoms with Crippen LogP contribution in [0.4, 0.5) is 0 Å². The Labute approximate surface area is 175 Å². The maximum Gasteiger partial charge on any atom is 0.264 e. The Morgan fingerprint density at radius 2 is 2.10 bits per heavy atom. The third-order valence-corrected chi connectivity index (χ3v) is 8.06. The lowest BCUT2D eigenvalue weighted by atomic mass is 9.63. The number of carbonyl (C=O) groups excluding carboxylic acids is 1. The summed E-state index contributed by atoms with van der Waals surface area (Å²) in [6, 6.07) is 0.127. The van der Waals surface area contributed by atoms with Gasteiger partial charge >= 0.3 is 0 Å². The Balaban J connectivity index is 1.68. The fourth-order valence-electron chi connectivity index (χ4n) is 4.92. The first-order valence-corrected chi connectivity index (χ1v) is 11.5. The van der Waals surface area contributed by atoms with E-state index in [4.69, 9.17) is 9.72 Å². The van der Waals surface area contributed by atoms with E-state index in [9.17, 15) is 9.59 Å². The van der Waals surface area contributed by atoms with Crippen molar-refractivity contribution in [1.29, 1.82) is 0 Å². The van der Waals surface area contributed by atoms with Crippen LogP contribution in [0.3, 0.4) is 0 Å². The van der Waals surface area contributed by atoms with Crippen molar-refractivity contribution in [3.63, 3.8) is 0 Å². The smallest absolute Gasteiger partial charge is 0.264 e. The summed E-state index contributed by atoms with van der Waals surface area (Å²) in [7, 11) is 1.87. The highest BCUT2D eigenvalue weighted by atomic mass is 32.1. The van der Waals surface area contributed by atoms with E-state index in [0.29, 0.717) is 21.7 Å². The molecule has 0 bridgehead atoms. The van der Waals surface area contributed by atoms with Crippen molar-refractivity contribution in [3.8, 4) is 0 Å². The SMILES string of the molecule is CCO[C@H]1C[C@@H](N(C)C(=O)c2sc3nc4n(c(=O)c3c2C)CCCCC4)C1(C)C. The number of nitrogens with zero attached hydrogens (tertiary/aromatic N) is 3. The number of thiophene rings is 1. The van der Waals surface area contributed by atoms with Crippen LogP contribution in [0.25, 0.3) is 10.2 Å². The van der Waals surface area contributed by atoms with Crippen molar-refractivity contribution >= 4 is 27.5 Å². The van der Waals surface area contributed by atoms with Gasteiger partial charge in [0.15, 0.2) is 0 Å². The molecule has 2 aliphatic rings. The number of amides is 1. The van der Waals surface area contributed by atoms with Gasteiger partial charge in [0.25, 0.3) is 11.5 Å². The van der Waals surface area contributed by atoms with Crippen LogP contribution in [0.5, 0.6) is 0 Å². The zero-order valence-electron chi connectivity index (χ0n) is 18.1. The van der Waals surface area contributed by atoms with Gasteiger partial charge in [0.1, 0.15) is 10.7 Å². The van der Waals surface area contributed by atoms with Crippen LogP contribution in [-0.4, -0.2) is 46.2 Å². The van der Waals surface area contributed by atoms with E-state index in [1.807, 2.05) is 30.4 Å². The molecule has 2 aromatic heterocycles. The normalized spacial score (nSPS) is 23.3.